The van der Waals surface area contributed by atoms with Gasteiger partial charge in [0.2, 0.25) is 5.91 Å². The molecule has 4 rings (SSSR count). The van der Waals surface area contributed by atoms with E-state index in [0.717, 1.165) is 11.3 Å². The number of benzene rings is 3. The maximum atomic E-state index is 12.2. The van der Waals surface area contributed by atoms with Crippen molar-refractivity contribution in [1.82, 2.24) is 9.78 Å². The van der Waals surface area contributed by atoms with E-state index in [1.54, 1.807) is 53.4 Å². The van der Waals surface area contributed by atoms with Gasteiger partial charge in [-0.1, -0.05) is 36.4 Å². The second kappa shape index (κ2) is 9.90. The molecule has 0 bridgehead atoms. The summed E-state index contributed by atoms with van der Waals surface area (Å²) in [5, 5.41) is 12.6. The summed E-state index contributed by atoms with van der Waals surface area (Å²) in [5.41, 5.74) is 3.69. The van der Waals surface area contributed by atoms with Crippen molar-refractivity contribution >= 4 is 35.1 Å². The lowest BCUT2D eigenvalue weighted by atomic mass is 10.2. The van der Waals surface area contributed by atoms with E-state index in [1.807, 2.05) is 54.7 Å². The fraction of sp³-hybridized carbons (Fsp3) is 0. The number of anilines is 3. The number of hydrogen-bond donors (Lipinski definition) is 3. The minimum absolute atomic E-state index is 0.264. The lowest BCUT2D eigenvalue weighted by molar-refractivity contribution is -0.111. The fourth-order valence-corrected chi connectivity index (χ4v) is 2.95. The first-order chi connectivity index (χ1) is 15.7. The average Bonchev–Trinajstić information content (AvgIpc) is 3.29. The molecule has 0 atom stereocenters. The zero-order valence-corrected chi connectivity index (χ0v) is 17.1. The minimum atomic E-state index is -0.341. The third kappa shape index (κ3) is 5.70. The second-order valence-electron chi connectivity index (χ2n) is 6.90. The Morgan fingerprint density at radius 2 is 1.28 bits per heavy atom. The average molecular weight is 423 g/mol. The monoisotopic (exact) mass is 423 g/mol. The highest BCUT2D eigenvalue weighted by Gasteiger charge is 2.04. The van der Waals surface area contributed by atoms with Crippen LogP contribution in [0.3, 0.4) is 0 Å². The van der Waals surface area contributed by atoms with Gasteiger partial charge in [-0.2, -0.15) is 5.10 Å². The van der Waals surface area contributed by atoms with Crippen LogP contribution in [0.4, 0.5) is 21.9 Å². The van der Waals surface area contributed by atoms with Crippen LogP contribution in [-0.4, -0.2) is 21.7 Å². The van der Waals surface area contributed by atoms with E-state index in [1.165, 1.54) is 6.08 Å². The van der Waals surface area contributed by atoms with Crippen LogP contribution < -0.4 is 16.0 Å². The Kier molecular flexibility index (Phi) is 6.38. The number of para-hydroxylation sites is 2. The fourth-order valence-electron chi connectivity index (χ4n) is 2.95. The number of rotatable bonds is 6. The van der Waals surface area contributed by atoms with Gasteiger partial charge >= 0.3 is 6.03 Å². The van der Waals surface area contributed by atoms with Gasteiger partial charge in [-0.05, 0) is 54.6 Å². The predicted molar refractivity (Wildman–Crippen MR) is 127 cm³/mol. The molecule has 0 spiro atoms. The van der Waals surface area contributed by atoms with Gasteiger partial charge in [-0.3, -0.25) is 4.79 Å². The van der Waals surface area contributed by atoms with Crippen molar-refractivity contribution in [1.29, 1.82) is 0 Å². The number of aromatic nitrogens is 2. The van der Waals surface area contributed by atoms with E-state index < -0.39 is 0 Å². The maximum absolute atomic E-state index is 12.2. The van der Waals surface area contributed by atoms with Crippen LogP contribution in [0.2, 0.25) is 0 Å². The van der Waals surface area contributed by atoms with Crippen LogP contribution in [-0.2, 0) is 4.79 Å². The molecule has 0 saturated heterocycles. The van der Waals surface area contributed by atoms with Crippen molar-refractivity contribution in [3.8, 4) is 5.69 Å². The zero-order chi connectivity index (χ0) is 22.2. The van der Waals surface area contributed by atoms with E-state index in [4.69, 9.17) is 0 Å². The van der Waals surface area contributed by atoms with Gasteiger partial charge in [0, 0.05) is 34.9 Å². The van der Waals surface area contributed by atoms with Crippen LogP contribution in [0, 0.1) is 0 Å². The highest BCUT2D eigenvalue weighted by molar-refractivity contribution is 6.02. The minimum Gasteiger partial charge on any atom is -0.323 e. The summed E-state index contributed by atoms with van der Waals surface area (Å²) in [7, 11) is 0. The number of hydrogen-bond acceptors (Lipinski definition) is 3. The number of carbonyl (C=O) groups is 2. The van der Waals surface area contributed by atoms with Crippen LogP contribution in [0.1, 0.15) is 5.56 Å². The van der Waals surface area contributed by atoms with Gasteiger partial charge in [0.1, 0.15) is 0 Å². The topological polar surface area (TPSA) is 88.1 Å². The molecule has 0 saturated carbocycles. The Labute approximate surface area is 185 Å². The standard InChI is InChI=1S/C25H21N5O2/c31-24(16-11-19-17-26-30(18-19)23-9-5-2-6-10-23)27-21-12-14-22(15-13-21)29-25(32)28-20-7-3-1-4-8-20/h1-18H,(H,27,31)(H2,28,29,32). The smallest absolute Gasteiger partial charge is 0.323 e. The molecule has 0 aliphatic heterocycles. The van der Waals surface area contributed by atoms with Crippen LogP contribution in [0.15, 0.2) is 103 Å². The molecule has 0 radical (unpaired) electrons. The Balaban J connectivity index is 1.29. The Morgan fingerprint density at radius 3 is 1.94 bits per heavy atom. The summed E-state index contributed by atoms with van der Waals surface area (Å²) < 4.78 is 1.75. The Morgan fingerprint density at radius 1 is 0.719 bits per heavy atom. The normalized spacial score (nSPS) is 10.6. The summed E-state index contributed by atoms with van der Waals surface area (Å²) in [6, 6.07) is 25.4. The van der Waals surface area contributed by atoms with Crippen molar-refractivity contribution in [3.05, 3.63) is 109 Å². The summed E-state index contributed by atoms with van der Waals surface area (Å²) >= 11 is 0. The summed E-state index contributed by atoms with van der Waals surface area (Å²) in [4.78, 5) is 24.3. The van der Waals surface area contributed by atoms with E-state index >= 15 is 0 Å². The molecule has 1 aromatic heterocycles. The van der Waals surface area contributed by atoms with E-state index in [2.05, 4.69) is 21.0 Å². The lowest BCUT2D eigenvalue weighted by Gasteiger charge is -2.08. The summed E-state index contributed by atoms with van der Waals surface area (Å²) in [6.45, 7) is 0. The number of carbonyl (C=O) groups excluding carboxylic acids is 2. The van der Waals surface area contributed by atoms with E-state index in [-0.39, 0.29) is 11.9 Å². The number of amides is 3. The molecule has 0 fully saturated rings. The van der Waals surface area contributed by atoms with Crippen molar-refractivity contribution < 1.29 is 9.59 Å². The lowest BCUT2D eigenvalue weighted by Crippen LogP contribution is -2.19. The quantitative estimate of drug-likeness (QED) is 0.374. The highest BCUT2D eigenvalue weighted by Crippen LogP contribution is 2.15. The highest BCUT2D eigenvalue weighted by atomic mass is 16.2. The molecule has 3 aromatic carbocycles. The molecule has 7 nitrogen and oxygen atoms in total. The van der Waals surface area contributed by atoms with E-state index in [9.17, 15) is 9.59 Å². The van der Waals surface area contributed by atoms with Crippen molar-refractivity contribution in [2.75, 3.05) is 16.0 Å². The second-order valence-corrected chi connectivity index (χ2v) is 6.90. The molecule has 3 amide bonds. The van der Waals surface area contributed by atoms with Gasteiger partial charge in [-0.25, -0.2) is 9.48 Å². The Hall–Kier alpha value is -4.65. The molecule has 3 N–H and O–H groups in total. The third-order valence-electron chi connectivity index (χ3n) is 4.49. The van der Waals surface area contributed by atoms with Crippen molar-refractivity contribution in [3.63, 3.8) is 0 Å². The van der Waals surface area contributed by atoms with Crippen LogP contribution >= 0.6 is 0 Å². The summed E-state index contributed by atoms with van der Waals surface area (Å²) in [5.74, 6) is -0.264. The largest absolute Gasteiger partial charge is 0.323 e. The molecule has 158 valence electrons. The molecule has 32 heavy (non-hydrogen) atoms. The zero-order valence-electron chi connectivity index (χ0n) is 17.1. The van der Waals surface area contributed by atoms with Crippen LogP contribution in [0.5, 0.6) is 0 Å². The van der Waals surface area contributed by atoms with Gasteiger partial charge in [0.25, 0.3) is 0 Å². The van der Waals surface area contributed by atoms with Crippen molar-refractivity contribution in [2.24, 2.45) is 0 Å². The van der Waals surface area contributed by atoms with Gasteiger partial charge in [-0.15, -0.1) is 0 Å². The first-order valence-corrected chi connectivity index (χ1v) is 9.98. The van der Waals surface area contributed by atoms with Gasteiger partial charge in [0.05, 0.1) is 11.9 Å². The Bertz CT molecular complexity index is 1220. The summed E-state index contributed by atoms with van der Waals surface area (Å²) in [6.07, 6.45) is 6.69. The molecular weight excluding hydrogens is 402 g/mol. The molecule has 0 aliphatic carbocycles. The van der Waals surface area contributed by atoms with Crippen molar-refractivity contribution in [2.45, 2.75) is 0 Å². The molecule has 7 heteroatoms. The third-order valence-corrected chi connectivity index (χ3v) is 4.49. The molecule has 0 unspecified atom stereocenters. The van der Waals surface area contributed by atoms with Gasteiger partial charge in [0.15, 0.2) is 0 Å². The first-order valence-electron chi connectivity index (χ1n) is 9.98. The molecule has 4 aromatic rings. The molecule has 0 aliphatic rings. The number of nitrogens with one attached hydrogen (secondary N) is 3. The SMILES string of the molecule is O=C(C=Cc1cnn(-c2ccccc2)c1)Nc1ccc(NC(=O)Nc2ccccc2)cc1. The number of urea groups is 1. The maximum Gasteiger partial charge on any atom is 0.323 e. The molecular formula is C25H21N5O2. The van der Waals surface area contributed by atoms with Gasteiger partial charge < -0.3 is 16.0 Å². The number of nitrogens with zero attached hydrogens (tertiary/aromatic N) is 2. The first kappa shape index (κ1) is 20.6. The van der Waals surface area contributed by atoms with E-state index in [0.29, 0.717) is 17.1 Å². The predicted octanol–water partition coefficient (Wildman–Crippen LogP) is 5.17. The molecule has 1 heterocycles. The van der Waals surface area contributed by atoms with Crippen LogP contribution in [0.25, 0.3) is 11.8 Å².